The molecule has 0 saturated carbocycles. The molecule has 0 saturated heterocycles. The van der Waals surface area contributed by atoms with Gasteiger partial charge in [-0.3, -0.25) is 14.9 Å². The maximum Gasteiger partial charge on any atom is 0.349 e. The molecule has 172 valence electrons. The lowest BCUT2D eigenvalue weighted by Gasteiger charge is -2.13. The molecule has 9 nitrogen and oxygen atoms in total. The van der Waals surface area contributed by atoms with E-state index < -0.39 is 16.5 Å². The Bertz CT molecular complexity index is 1690. The smallest absolute Gasteiger partial charge is 0.349 e. The van der Waals surface area contributed by atoms with E-state index >= 15 is 0 Å². The Morgan fingerprint density at radius 1 is 1.11 bits per heavy atom. The highest BCUT2D eigenvalue weighted by Gasteiger charge is 2.25. The second kappa shape index (κ2) is 9.20. The number of carbonyl (C=O) groups is 1. The number of rotatable bonds is 5. The summed E-state index contributed by atoms with van der Waals surface area (Å²) < 4.78 is 6.99. The lowest BCUT2D eigenvalue weighted by atomic mass is 10.2. The van der Waals surface area contributed by atoms with Gasteiger partial charge in [-0.1, -0.05) is 45.5 Å². The molecule has 1 amide bonds. The van der Waals surface area contributed by atoms with E-state index in [1.54, 1.807) is 30.3 Å². The number of non-ortho nitro benzene ring substituents is 1. The van der Waals surface area contributed by atoms with Crippen molar-refractivity contribution in [3.63, 3.8) is 0 Å². The first kappa shape index (κ1) is 22.6. The van der Waals surface area contributed by atoms with Crippen molar-refractivity contribution in [2.75, 3.05) is 5.01 Å². The molecule has 0 aliphatic heterocycles. The Hall–Kier alpha value is -4.22. The molecule has 2 aromatic heterocycles. The first-order valence-corrected chi connectivity index (χ1v) is 11.7. The van der Waals surface area contributed by atoms with Gasteiger partial charge < -0.3 is 4.42 Å². The molecule has 0 atom stereocenters. The van der Waals surface area contributed by atoms with Gasteiger partial charge in [-0.05, 0) is 48.0 Å². The van der Waals surface area contributed by atoms with Crippen LogP contribution in [0.5, 0.6) is 0 Å². The number of nitro groups is 1. The van der Waals surface area contributed by atoms with Crippen molar-refractivity contribution >= 4 is 71.4 Å². The Balaban J connectivity index is 1.59. The van der Waals surface area contributed by atoms with E-state index in [4.69, 9.17) is 4.42 Å². The maximum absolute atomic E-state index is 13.5. The van der Waals surface area contributed by atoms with E-state index in [9.17, 15) is 19.7 Å². The van der Waals surface area contributed by atoms with Crippen LogP contribution in [0.3, 0.4) is 0 Å². The number of aromatic nitrogens is 1. The molecule has 3 aromatic carbocycles. The van der Waals surface area contributed by atoms with E-state index in [1.807, 2.05) is 12.1 Å². The fourth-order valence-electron chi connectivity index (χ4n) is 3.30. The van der Waals surface area contributed by atoms with Gasteiger partial charge in [0.05, 0.1) is 21.4 Å². The fourth-order valence-corrected chi connectivity index (χ4v) is 4.77. The third-order valence-corrected chi connectivity index (χ3v) is 6.50. The minimum absolute atomic E-state index is 0.0689. The number of benzene rings is 3. The summed E-state index contributed by atoms with van der Waals surface area (Å²) >= 11 is 4.64. The Kier molecular flexibility index (Phi) is 5.93. The number of para-hydroxylation sites is 1. The van der Waals surface area contributed by atoms with Crippen LogP contribution in [0.4, 0.5) is 10.8 Å². The number of fused-ring (bicyclic) bond motifs is 2. The number of anilines is 1. The van der Waals surface area contributed by atoms with Gasteiger partial charge in [0.1, 0.15) is 11.1 Å². The Morgan fingerprint density at radius 2 is 1.89 bits per heavy atom. The molecular formula is C24H13BrN4O5S. The van der Waals surface area contributed by atoms with Crippen LogP contribution < -0.4 is 10.6 Å². The summed E-state index contributed by atoms with van der Waals surface area (Å²) in [7, 11) is 0. The van der Waals surface area contributed by atoms with Crippen molar-refractivity contribution in [3.8, 4) is 0 Å². The van der Waals surface area contributed by atoms with Crippen LogP contribution in [0.15, 0.2) is 91.6 Å². The second-order valence-corrected chi connectivity index (χ2v) is 9.23. The largest absolute Gasteiger partial charge is 0.422 e. The van der Waals surface area contributed by atoms with Crippen molar-refractivity contribution in [1.29, 1.82) is 0 Å². The van der Waals surface area contributed by atoms with Gasteiger partial charge in [0.15, 0.2) is 0 Å². The fraction of sp³-hybridized carbons (Fsp3) is 0. The van der Waals surface area contributed by atoms with Crippen molar-refractivity contribution < 1.29 is 14.1 Å². The molecule has 0 unspecified atom stereocenters. The minimum atomic E-state index is -0.798. The molecule has 35 heavy (non-hydrogen) atoms. The number of amides is 1. The minimum Gasteiger partial charge on any atom is -0.422 e. The predicted molar refractivity (Wildman–Crippen MR) is 137 cm³/mol. The molecule has 5 rings (SSSR count). The number of carbonyl (C=O) groups excluding carboxylic acids is 1. The van der Waals surface area contributed by atoms with Crippen molar-refractivity contribution in [2.24, 2.45) is 5.10 Å². The van der Waals surface area contributed by atoms with Gasteiger partial charge in [0, 0.05) is 22.0 Å². The predicted octanol–water partition coefficient (Wildman–Crippen LogP) is 5.75. The zero-order valence-electron chi connectivity index (χ0n) is 17.6. The third-order valence-electron chi connectivity index (χ3n) is 5.01. The number of halogens is 1. The third kappa shape index (κ3) is 4.59. The topological polar surface area (TPSA) is 119 Å². The van der Waals surface area contributed by atoms with Crippen LogP contribution in [0.2, 0.25) is 0 Å². The first-order chi connectivity index (χ1) is 16.9. The van der Waals surface area contributed by atoms with E-state index in [1.165, 1.54) is 47.9 Å². The van der Waals surface area contributed by atoms with Crippen LogP contribution in [-0.4, -0.2) is 22.0 Å². The summed E-state index contributed by atoms with van der Waals surface area (Å²) in [5, 5.41) is 17.1. The van der Waals surface area contributed by atoms with Gasteiger partial charge in [0.2, 0.25) is 5.13 Å². The first-order valence-electron chi connectivity index (χ1n) is 10.1. The van der Waals surface area contributed by atoms with E-state index in [0.717, 1.165) is 14.2 Å². The SMILES string of the molecule is O=C(c1cc2ccccc2oc1=O)N(/N=C/c1ccc([N+](=O)[O-])cc1)c1nc2ccc(Br)cc2s1. The highest BCUT2D eigenvalue weighted by Crippen LogP contribution is 2.32. The van der Waals surface area contributed by atoms with Crippen LogP contribution >= 0.6 is 27.3 Å². The molecule has 0 radical (unpaired) electrons. The van der Waals surface area contributed by atoms with Crippen molar-refractivity contribution in [3.05, 3.63) is 109 Å². The summed E-state index contributed by atoms with van der Waals surface area (Å²) in [5.74, 6) is -0.721. The number of hydrogen-bond donors (Lipinski definition) is 0. The monoisotopic (exact) mass is 548 g/mol. The summed E-state index contributed by atoms with van der Waals surface area (Å²) in [4.78, 5) is 41.1. The molecule has 0 N–H and O–H groups in total. The Morgan fingerprint density at radius 3 is 2.66 bits per heavy atom. The lowest BCUT2D eigenvalue weighted by molar-refractivity contribution is -0.384. The highest BCUT2D eigenvalue weighted by atomic mass is 79.9. The average molecular weight is 549 g/mol. The van der Waals surface area contributed by atoms with Crippen molar-refractivity contribution in [2.45, 2.75) is 0 Å². The Labute approximate surface area is 209 Å². The van der Waals surface area contributed by atoms with Gasteiger partial charge >= 0.3 is 5.63 Å². The second-order valence-electron chi connectivity index (χ2n) is 7.30. The lowest BCUT2D eigenvalue weighted by Crippen LogP contribution is -2.30. The van der Waals surface area contributed by atoms with E-state index in [0.29, 0.717) is 22.0 Å². The van der Waals surface area contributed by atoms with E-state index in [-0.39, 0.29) is 16.4 Å². The van der Waals surface area contributed by atoms with Gasteiger partial charge in [-0.25, -0.2) is 9.78 Å². The molecule has 0 aliphatic carbocycles. The molecule has 2 heterocycles. The number of hydrazone groups is 1. The highest BCUT2D eigenvalue weighted by molar-refractivity contribution is 9.10. The zero-order chi connectivity index (χ0) is 24.5. The van der Waals surface area contributed by atoms with Crippen LogP contribution in [0.1, 0.15) is 15.9 Å². The summed E-state index contributed by atoms with van der Waals surface area (Å²) in [5.41, 5.74) is 0.461. The average Bonchev–Trinajstić information content (AvgIpc) is 3.26. The molecule has 0 aliphatic rings. The normalized spacial score (nSPS) is 11.3. The zero-order valence-corrected chi connectivity index (χ0v) is 20.0. The van der Waals surface area contributed by atoms with Crippen LogP contribution in [0.25, 0.3) is 21.2 Å². The number of hydrogen-bond acceptors (Lipinski definition) is 8. The van der Waals surface area contributed by atoms with Crippen molar-refractivity contribution in [1.82, 2.24) is 4.98 Å². The summed E-state index contributed by atoms with van der Waals surface area (Å²) in [6.07, 6.45) is 1.37. The maximum atomic E-state index is 13.5. The molecule has 5 aromatic rings. The van der Waals surface area contributed by atoms with Gasteiger partial charge in [-0.2, -0.15) is 10.1 Å². The van der Waals surface area contributed by atoms with Crippen LogP contribution in [0, 0.1) is 10.1 Å². The summed E-state index contributed by atoms with van der Waals surface area (Å²) in [6, 6.07) is 19.5. The molecular weight excluding hydrogens is 536 g/mol. The summed E-state index contributed by atoms with van der Waals surface area (Å²) in [6.45, 7) is 0. The molecule has 0 fully saturated rings. The molecule has 0 spiro atoms. The van der Waals surface area contributed by atoms with Crippen LogP contribution in [-0.2, 0) is 0 Å². The van der Waals surface area contributed by atoms with Gasteiger partial charge in [-0.15, -0.1) is 0 Å². The quantitative estimate of drug-likeness (QED) is 0.119. The van der Waals surface area contributed by atoms with Gasteiger partial charge in [0.25, 0.3) is 11.6 Å². The number of thiazole rings is 1. The molecule has 11 heteroatoms. The standard InChI is InChI=1S/C24H13BrN4O5S/c25-16-7-10-19-21(12-16)35-24(27-19)28(26-13-14-5-8-17(9-6-14)29(32)33)22(30)18-11-15-3-1-2-4-20(15)34-23(18)31/h1-13H/b26-13+. The number of nitro benzene ring substituents is 1. The molecule has 0 bridgehead atoms. The van der Waals surface area contributed by atoms with E-state index in [2.05, 4.69) is 26.0 Å². The number of nitrogens with zero attached hydrogens (tertiary/aromatic N) is 4.